The molecule has 2 rings (SSSR count). The fourth-order valence-electron chi connectivity index (χ4n) is 1.47. The molecule has 1 N–H and O–H groups in total. The molecule has 0 heterocycles. The average molecular weight is 269 g/mol. The van der Waals surface area contributed by atoms with Gasteiger partial charge in [-0.25, -0.2) is 4.79 Å². The fraction of sp³-hybridized carbons (Fsp3) is 0. The first-order valence-electron chi connectivity index (χ1n) is 4.76. The predicted octanol–water partition coefficient (Wildman–Crippen LogP) is 4.13. The van der Waals surface area contributed by atoms with Gasteiger partial charge in [0.05, 0.1) is 5.56 Å². The number of benzene rings is 2. The van der Waals surface area contributed by atoms with Gasteiger partial charge in [0.15, 0.2) is 0 Å². The summed E-state index contributed by atoms with van der Waals surface area (Å²) in [6, 6.07) is 14.2. The number of carboxylic acid groups (broad SMARTS) is 1. The normalized spacial score (nSPS) is 9.47. The van der Waals surface area contributed by atoms with Crippen LogP contribution in [0.4, 0.5) is 0 Å². The smallest absolute Gasteiger partial charge is 0.335 e. The van der Waals surface area contributed by atoms with Crippen LogP contribution in [0.3, 0.4) is 0 Å². The first-order valence-corrected chi connectivity index (χ1v) is 5.14. The van der Waals surface area contributed by atoms with E-state index in [1.165, 1.54) is 0 Å². The summed E-state index contributed by atoms with van der Waals surface area (Å²) in [6.45, 7) is 0. The van der Waals surface area contributed by atoms with Crippen molar-refractivity contribution in [1.82, 2.24) is 0 Å². The zero-order valence-corrected chi connectivity index (χ0v) is 10.3. The van der Waals surface area contributed by atoms with Gasteiger partial charge < -0.3 is 5.11 Å². The van der Waals surface area contributed by atoms with Crippen LogP contribution in [-0.4, -0.2) is 11.1 Å². The van der Waals surface area contributed by atoms with E-state index < -0.39 is 5.97 Å². The van der Waals surface area contributed by atoms with Crippen LogP contribution in [0.1, 0.15) is 10.4 Å². The second-order valence-electron chi connectivity index (χ2n) is 3.39. The Bertz CT molecular complexity index is 521. The summed E-state index contributed by atoms with van der Waals surface area (Å²) in [7, 11) is 0. The Labute approximate surface area is 110 Å². The van der Waals surface area contributed by atoms with E-state index in [0.717, 1.165) is 11.1 Å². The molecule has 0 aliphatic carbocycles. The van der Waals surface area contributed by atoms with Crippen molar-refractivity contribution in [3.8, 4) is 11.1 Å². The number of aromatic carboxylic acids is 1. The molecule has 17 heavy (non-hydrogen) atoms. The van der Waals surface area contributed by atoms with Gasteiger partial charge in [0.2, 0.25) is 0 Å². The number of hydrogen-bond donors (Lipinski definition) is 1. The van der Waals surface area contributed by atoms with Gasteiger partial charge in [0.25, 0.3) is 0 Å². The van der Waals surface area contributed by atoms with Gasteiger partial charge in [-0.05, 0) is 35.4 Å². The SMILES string of the molecule is Cl.O=C(O)c1ccc(-c2cccc(Cl)c2)cc1. The average Bonchev–Trinajstić information content (AvgIpc) is 2.29. The quantitative estimate of drug-likeness (QED) is 0.890. The summed E-state index contributed by atoms with van der Waals surface area (Å²) in [4.78, 5) is 10.7. The van der Waals surface area contributed by atoms with Crippen LogP contribution < -0.4 is 0 Å². The Morgan fingerprint density at radius 3 is 2.18 bits per heavy atom. The topological polar surface area (TPSA) is 37.3 Å². The summed E-state index contributed by atoms with van der Waals surface area (Å²) in [5, 5.41) is 9.44. The minimum absolute atomic E-state index is 0. The summed E-state index contributed by atoms with van der Waals surface area (Å²) in [6.07, 6.45) is 0. The summed E-state index contributed by atoms with van der Waals surface area (Å²) < 4.78 is 0. The Morgan fingerprint density at radius 1 is 1.00 bits per heavy atom. The van der Waals surface area contributed by atoms with Crippen molar-refractivity contribution in [3.05, 3.63) is 59.1 Å². The second-order valence-corrected chi connectivity index (χ2v) is 3.83. The number of hydrogen-bond acceptors (Lipinski definition) is 1. The van der Waals surface area contributed by atoms with E-state index in [2.05, 4.69) is 0 Å². The lowest BCUT2D eigenvalue weighted by Crippen LogP contribution is -1.94. The molecule has 0 saturated carbocycles. The third-order valence-corrected chi connectivity index (χ3v) is 2.52. The lowest BCUT2D eigenvalue weighted by Gasteiger charge is -2.02. The monoisotopic (exact) mass is 268 g/mol. The minimum Gasteiger partial charge on any atom is -0.478 e. The Hall–Kier alpha value is -1.51. The largest absolute Gasteiger partial charge is 0.478 e. The van der Waals surface area contributed by atoms with Gasteiger partial charge in [-0.1, -0.05) is 35.9 Å². The summed E-state index contributed by atoms with van der Waals surface area (Å²) in [5.41, 5.74) is 2.21. The highest BCUT2D eigenvalue weighted by Gasteiger charge is 2.03. The van der Waals surface area contributed by atoms with E-state index in [4.69, 9.17) is 16.7 Å². The van der Waals surface area contributed by atoms with Crippen LogP contribution in [0.15, 0.2) is 48.5 Å². The molecule has 0 aliphatic heterocycles. The van der Waals surface area contributed by atoms with Crippen molar-refractivity contribution in [2.45, 2.75) is 0 Å². The molecule has 0 atom stereocenters. The molecule has 2 aromatic carbocycles. The van der Waals surface area contributed by atoms with Crippen LogP contribution in [0.2, 0.25) is 5.02 Å². The molecule has 0 amide bonds. The standard InChI is InChI=1S/C13H9ClO2.ClH/c14-12-3-1-2-11(8-12)9-4-6-10(7-5-9)13(15)16;/h1-8H,(H,15,16);1H. The molecule has 4 heteroatoms. The van der Waals surface area contributed by atoms with E-state index in [9.17, 15) is 4.79 Å². The van der Waals surface area contributed by atoms with Crippen LogP contribution in [-0.2, 0) is 0 Å². The molecular formula is C13H10Cl2O2. The third kappa shape index (κ3) is 3.22. The van der Waals surface area contributed by atoms with Crippen LogP contribution in [0, 0.1) is 0 Å². The molecule has 0 bridgehead atoms. The number of rotatable bonds is 2. The molecular weight excluding hydrogens is 259 g/mol. The van der Waals surface area contributed by atoms with Gasteiger partial charge in [-0.15, -0.1) is 12.4 Å². The van der Waals surface area contributed by atoms with Crippen molar-refractivity contribution in [1.29, 1.82) is 0 Å². The summed E-state index contributed by atoms with van der Waals surface area (Å²) in [5.74, 6) is -0.919. The van der Waals surface area contributed by atoms with Crippen molar-refractivity contribution in [2.75, 3.05) is 0 Å². The van der Waals surface area contributed by atoms with Gasteiger partial charge in [0, 0.05) is 5.02 Å². The number of carboxylic acids is 1. The summed E-state index contributed by atoms with van der Waals surface area (Å²) >= 11 is 5.88. The third-order valence-electron chi connectivity index (χ3n) is 2.29. The molecule has 0 spiro atoms. The zero-order chi connectivity index (χ0) is 11.5. The van der Waals surface area contributed by atoms with Crippen molar-refractivity contribution in [3.63, 3.8) is 0 Å². The maximum atomic E-state index is 10.7. The molecule has 0 saturated heterocycles. The van der Waals surface area contributed by atoms with Crippen LogP contribution in [0.5, 0.6) is 0 Å². The molecule has 0 fully saturated rings. The molecule has 0 aromatic heterocycles. The van der Waals surface area contributed by atoms with Crippen molar-refractivity contribution >= 4 is 30.0 Å². The highest BCUT2D eigenvalue weighted by molar-refractivity contribution is 6.30. The van der Waals surface area contributed by atoms with E-state index in [-0.39, 0.29) is 18.0 Å². The van der Waals surface area contributed by atoms with Gasteiger partial charge >= 0.3 is 5.97 Å². The lowest BCUT2D eigenvalue weighted by molar-refractivity contribution is 0.0697. The van der Waals surface area contributed by atoms with Crippen LogP contribution >= 0.6 is 24.0 Å². The first kappa shape index (κ1) is 13.6. The van der Waals surface area contributed by atoms with E-state index in [1.54, 1.807) is 30.3 Å². The van der Waals surface area contributed by atoms with E-state index >= 15 is 0 Å². The molecule has 88 valence electrons. The first-order chi connectivity index (χ1) is 7.66. The molecule has 2 aromatic rings. The van der Waals surface area contributed by atoms with Crippen molar-refractivity contribution in [2.24, 2.45) is 0 Å². The maximum absolute atomic E-state index is 10.7. The molecule has 0 radical (unpaired) electrons. The second kappa shape index (κ2) is 5.71. The minimum atomic E-state index is -0.919. The van der Waals surface area contributed by atoms with Crippen LogP contribution in [0.25, 0.3) is 11.1 Å². The highest BCUT2D eigenvalue weighted by atomic mass is 35.5. The highest BCUT2D eigenvalue weighted by Crippen LogP contribution is 2.22. The maximum Gasteiger partial charge on any atom is 0.335 e. The predicted molar refractivity (Wildman–Crippen MR) is 71.1 cm³/mol. The lowest BCUT2D eigenvalue weighted by atomic mass is 10.0. The molecule has 0 unspecified atom stereocenters. The number of halogens is 2. The molecule has 2 nitrogen and oxygen atoms in total. The Morgan fingerprint density at radius 2 is 1.65 bits per heavy atom. The van der Waals surface area contributed by atoms with Crippen molar-refractivity contribution < 1.29 is 9.90 Å². The van der Waals surface area contributed by atoms with Gasteiger partial charge in [-0.3, -0.25) is 0 Å². The fourth-order valence-corrected chi connectivity index (χ4v) is 1.66. The number of carbonyl (C=O) groups is 1. The van der Waals surface area contributed by atoms with E-state index in [1.807, 2.05) is 18.2 Å². The Balaban J connectivity index is 0.00000144. The van der Waals surface area contributed by atoms with E-state index in [0.29, 0.717) is 5.02 Å². The van der Waals surface area contributed by atoms with Gasteiger partial charge in [0.1, 0.15) is 0 Å². The zero-order valence-electron chi connectivity index (χ0n) is 8.76. The van der Waals surface area contributed by atoms with Gasteiger partial charge in [-0.2, -0.15) is 0 Å². The Kier molecular flexibility index (Phi) is 4.55. The molecule has 0 aliphatic rings.